The topological polar surface area (TPSA) is 100 Å². The lowest BCUT2D eigenvalue weighted by atomic mass is 9.90. The highest BCUT2D eigenvalue weighted by molar-refractivity contribution is 7.88. The van der Waals surface area contributed by atoms with Crippen molar-refractivity contribution < 1.29 is 23.1 Å². The molecule has 3 rings (SSSR count). The number of nitrogens with zero attached hydrogens (tertiary/aromatic N) is 3. The molecule has 1 aliphatic heterocycles. The summed E-state index contributed by atoms with van der Waals surface area (Å²) in [6.45, 7) is 3.95. The molecule has 0 saturated heterocycles. The van der Waals surface area contributed by atoms with E-state index in [-0.39, 0.29) is 36.4 Å². The minimum atomic E-state index is -3.40. The molecule has 0 spiro atoms. The van der Waals surface area contributed by atoms with Crippen LogP contribution in [0.25, 0.3) is 0 Å². The molecule has 1 aromatic rings. The first-order valence-electron chi connectivity index (χ1n) is 11.6. The lowest BCUT2D eigenvalue weighted by Crippen LogP contribution is -2.50. The van der Waals surface area contributed by atoms with E-state index in [0.29, 0.717) is 18.0 Å². The van der Waals surface area contributed by atoms with Crippen LogP contribution in [0.5, 0.6) is 5.88 Å². The number of rotatable bonds is 5. The van der Waals surface area contributed by atoms with Gasteiger partial charge in [-0.15, -0.1) is 0 Å². The molecule has 8 nitrogen and oxygen atoms in total. The third-order valence-electron chi connectivity index (χ3n) is 6.55. The second-order valence-electron chi connectivity index (χ2n) is 9.35. The number of ether oxygens (including phenoxy) is 1. The summed E-state index contributed by atoms with van der Waals surface area (Å²) in [5, 5.41) is 9.75. The molecule has 0 unspecified atom stereocenters. The maximum atomic E-state index is 13.4. The van der Waals surface area contributed by atoms with Crippen molar-refractivity contribution in [3.05, 3.63) is 23.4 Å². The van der Waals surface area contributed by atoms with Crippen molar-refractivity contribution >= 4 is 15.9 Å². The van der Waals surface area contributed by atoms with Crippen LogP contribution >= 0.6 is 0 Å². The van der Waals surface area contributed by atoms with E-state index >= 15 is 0 Å². The quantitative estimate of drug-likeness (QED) is 0.652. The zero-order valence-electron chi connectivity index (χ0n) is 20.0. The normalized spacial score (nSPS) is 23.1. The first kappa shape index (κ1) is 25.5. The van der Waals surface area contributed by atoms with Gasteiger partial charge in [-0.05, 0) is 25.8 Å². The van der Waals surface area contributed by atoms with Crippen LogP contribution in [0.15, 0.2) is 12.3 Å². The maximum Gasteiger partial charge on any atom is 0.259 e. The van der Waals surface area contributed by atoms with Crippen molar-refractivity contribution in [2.45, 2.75) is 58.1 Å². The zero-order chi connectivity index (χ0) is 24.2. The van der Waals surface area contributed by atoms with Crippen LogP contribution in [0.4, 0.5) is 0 Å². The SMILES string of the molecule is C[C@@H]1CN([C@@H](C)CO)C(=O)c2cc(C#CC3CCCCC3)cnc2O[C@@H]1CN(C)S(C)(=O)=O. The summed E-state index contributed by atoms with van der Waals surface area (Å²) in [6, 6.07) is 1.29. The van der Waals surface area contributed by atoms with Gasteiger partial charge in [0.1, 0.15) is 11.7 Å². The van der Waals surface area contributed by atoms with Gasteiger partial charge >= 0.3 is 0 Å². The van der Waals surface area contributed by atoms with Crippen LogP contribution in [0.1, 0.15) is 61.9 Å². The first-order chi connectivity index (χ1) is 15.6. The standard InChI is InChI=1S/C24H35N3O5S/c1-17-14-27(18(2)16-28)24(29)21-12-20(11-10-19-8-6-5-7-9-19)13-25-23(21)32-22(17)15-26(3)33(4,30)31/h12-13,17-19,22,28H,5-9,14-16H2,1-4H3/t17-,18+,22-/m1/s1. The van der Waals surface area contributed by atoms with Crippen molar-refractivity contribution in [2.75, 3.05) is 33.0 Å². The Balaban J connectivity index is 1.96. The second kappa shape index (κ2) is 10.9. The van der Waals surface area contributed by atoms with Crippen LogP contribution in [-0.2, 0) is 10.0 Å². The van der Waals surface area contributed by atoms with Gasteiger partial charge in [0.05, 0.1) is 25.4 Å². The van der Waals surface area contributed by atoms with E-state index in [9.17, 15) is 18.3 Å². The number of carbonyl (C=O) groups is 1. The molecule has 3 atom stereocenters. The Morgan fingerprint density at radius 1 is 1.33 bits per heavy atom. The Labute approximate surface area is 197 Å². The smallest absolute Gasteiger partial charge is 0.259 e. The van der Waals surface area contributed by atoms with Gasteiger partial charge in [-0.1, -0.05) is 38.0 Å². The molecule has 1 saturated carbocycles. The number of aromatic nitrogens is 1. The van der Waals surface area contributed by atoms with Crippen LogP contribution in [0, 0.1) is 23.7 Å². The minimum Gasteiger partial charge on any atom is -0.472 e. The van der Waals surface area contributed by atoms with E-state index in [1.807, 2.05) is 6.92 Å². The molecule has 2 heterocycles. The number of amides is 1. The lowest BCUT2D eigenvalue weighted by Gasteiger charge is -2.37. The van der Waals surface area contributed by atoms with Crippen molar-refractivity contribution in [2.24, 2.45) is 11.8 Å². The Morgan fingerprint density at radius 3 is 2.67 bits per heavy atom. The number of aliphatic hydroxyl groups excluding tert-OH is 1. The molecule has 9 heteroatoms. The van der Waals surface area contributed by atoms with Gasteiger partial charge in [-0.3, -0.25) is 4.79 Å². The van der Waals surface area contributed by atoms with Crippen molar-refractivity contribution in [3.63, 3.8) is 0 Å². The molecule has 0 aromatic carbocycles. The van der Waals surface area contributed by atoms with E-state index in [1.165, 1.54) is 30.6 Å². The molecule has 2 aliphatic rings. The Hall–Kier alpha value is -2.15. The highest BCUT2D eigenvalue weighted by atomic mass is 32.2. The van der Waals surface area contributed by atoms with E-state index in [2.05, 4.69) is 16.8 Å². The molecule has 0 bridgehead atoms. The predicted octanol–water partition coefficient (Wildman–Crippen LogP) is 2.12. The average molecular weight is 478 g/mol. The third-order valence-corrected chi connectivity index (χ3v) is 7.83. The summed E-state index contributed by atoms with van der Waals surface area (Å²) in [7, 11) is -1.90. The number of likely N-dealkylation sites (N-methyl/N-ethyl adjacent to an activating group) is 1. The van der Waals surface area contributed by atoms with Crippen LogP contribution in [0.2, 0.25) is 0 Å². The number of pyridine rings is 1. The molecular weight excluding hydrogens is 442 g/mol. The Kier molecular flexibility index (Phi) is 8.38. The predicted molar refractivity (Wildman–Crippen MR) is 126 cm³/mol. The third kappa shape index (κ3) is 6.46. The van der Waals surface area contributed by atoms with Gasteiger partial charge in [0.2, 0.25) is 15.9 Å². The molecule has 0 radical (unpaired) electrons. The summed E-state index contributed by atoms with van der Waals surface area (Å²) in [5.74, 6) is 6.57. The molecule has 1 aromatic heterocycles. The first-order valence-corrected chi connectivity index (χ1v) is 13.5. The Bertz CT molecular complexity index is 1010. The average Bonchev–Trinajstić information content (AvgIpc) is 2.79. The number of carbonyl (C=O) groups excluding carboxylic acids is 1. The molecule has 1 amide bonds. The van der Waals surface area contributed by atoms with Crippen LogP contribution in [-0.4, -0.2) is 78.8 Å². The zero-order valence-corrected chi connectivity index (χ0v) is 20.8. The second-order valence-corrected chi connectivity index (χ2v) is 11.4. The van der Waals surface area contributed by atoms with Gasteiger partial charge in [0.15, 0.2) is 0 Å². The maximum absolute atomic E-state index is 13.4. The largest absolute Gasteiger partial charge is 0.472 e. The van der Waals surface area contributed by atoms with E-state index in [0.717, 1.165) is 19.1 Å². The number of fused-ring (bicyclic) bond motifs is 1. The highest BCUT2D eigenvalue weighted by Gasteiger charge is 2.35. The van der Waals surface area contributed by atoms with Gasteiger partial charge in [-0.2, -0.15) is 0 Å². The number of hydrogen-bond donors (Lipinski definition) is 1. The molecular formula is C24H35N3O5S. The van der Waals surface area contributed by atoms with Gasteiger partial charge in [0, 0.05) is 37.2 Å². The van der Waals surface area contributed by atoms with Gasteiger partial charge in [-0.25, -0.2) is 17.7 Å². The lowest BCUT2D eigenvalue weighted by molar-refractivity contribution is 0.0373. The summed E-state index contributed by atoms with van der Waals surface area (Å²) < 4.78 is 31.3. The molecule has 33 heavy (non-hydrogen) atoms. The van der Waals surface area contributed by atoms with E-state index in [1.54, 1.807) is 24.1 Å². The van der Waals surface area contributed by atoms with Gasteiger partial charge in [0.25, 0.3) is 5.91 Å². The summed E-state index contributed by atoms with van der Waals surface area (Å²) in [5.41, 5.74) is 0.927. The van der Waals surface area contributed by atoms with E-state index < -0.39 is 22.2 Å². The van der Waals surface area contributed by atoms with Gasteiger partial charge < -0.3 is 14.7 Å². The van der Waals surface area contributed by atoms with Crippen molar-refractivity contribution in [3.8, 4) is 17.7 Å². The molecule has 1 N–H and O–H groups in total. The summed E-state index contributed by atoms with van der Waals surface area (Å²) in [6.07, 6.45) is 8.09. The van der Waals surface area contributed by atoms with Crippen LogP contribution in [0.3, 0.4) is 0 Å². The Morgan fingerprint density at radius 2 is 2.03 bits per heavy atom. The fraction of sp³-hybridized carbons (Fsp3) is 0.667. The van der Waals surface area contributed by atoms with E-state index in [4.69, 9.17) is 4.74 Å². The van der Waals surface area contributed by atoms with Crippen molar-refractivity contribution in [1.29, 1.82) is 0 Å². The fourth-order valence-electron chi connectivity index (χ4n) is 4.21. The molecule has 182 valence electrons. The summed E-state index contributed by atoms with van der Waals surface area (Å²) in [4.78, 5) is 19.4. The van der Waals surface area contributed by atoms with Crippen molar-refractivity contribution in [1.82, 2.24) is 14.2 Å². The fourth-order valence-corrected chi connectivity index (χ4v) is 4.63. The summed E-state index contributed by atoms with van der Waals surface area (Å²) >= 11 is 0. The highest BCUT2D eigenvalue weighted by Crippen LogP contribution is 2.28. The number of sulfonamides is 1. The molecule has 1 aliphatic carbocycles. The van der Waals surface area contributed by atoms with Crippen LogP contribution < -0.4 is 4.74 Å². The minimum absolute atomic E-state index is 0.125. The number of aliphatic hydroxyl groups is 1. The number of hydrogen-bond acceptors (Lipinski definition) is 6. The monoisotopic (exact) mass is 477 g/mol. The molecule has 1 fully saturated rings.